The molecule has 0 unspecified atom stereocenters. The molecule has 0 saturated heterocycles. The molecule has 0 aromatic heterocycles. The summed E-state index contributed by atoms with van der Waals surface area (Å²) in [6.07, 6.45) is 3.47. The second-order valence-electron chi connectivity index (χ2n) is 4.31. The molecule has 0 atom stereocenters. The lowest BCUT2D eigenvalue weighted by Gasteiger charge is -2.02. The van der Waals surface area contributed by atoms with E-state index in [0.29, 0.717) is 5.56 Å². The van der Waals surface area contributed by atoms with E-state index in [0.717, 1.165) is 17.0 Å². The minimum Gasteiger partial charge on any atom is -0.289 e. The Hall–Kier alpha value is -2.08. The Labute approximate surface area is 128 Å². The van der Waals surface area contributed by atoms with E-state index < -0.39 is 34.6 Å². The number of halogens is 4. The third-order valence-corrected chi connectivity index (χ3v) is 3.67. The van der Waals surface area contributed by atoms with Crippen LogP contribution in [0.15, 0.2) is 41.3 Å². The van der Waals surface area contributed by atoms with Crippen LogP contribution in [0.2, 0.25) is 0 Å². The van der Waals surface area contributed by atoms with Gasteiger partial charge in [0.05, 0.1) is 5.56 Å². The fourth-order valence-corrected chi connectivity index (χ4v) is 2.16. The summed E-state index contributed by atoms with van der Waals surface area (Å²) in [6, 6.07) is 6.66. The van der Waals surface area contributed by atoms with Crippen LogP contribution in [0.3, 0.4) is 0 Å². The van der Waals surface area contributed by atoms with Gasteiger partial charge < -0.3 is 0 Å². The van der Waals surface area contributed by atoms with E-state index in [1.807, 2.05) is 6.26 Å². The summed E-state index contributed by atoms with van der Waals surface area (Å²) in [4.78, 5) is 12.8. The Bertz CT molecular complexity index is 713. The largest absolute Gasteiger partial charge is 0.289 e. The third kappa shape index (κ3) is 3.39. The minimum atomic E-state index is -1.54. The lowest BCUT2D eigenvalue weighted by molar-refractivity contribution is 0.104. The summed E-state index contributed by atoms with van der Waals surface area (Å²) in [6.45, 7) is 0. The van der Waals surface area contributed by atoms with Gasteiger partial charge in [0.1, 0.15) is 0 Å². The standard InChI is InChI=1S/C16H10F4OS/c1-22-10-4-2-9(3-5-10)14(21)7-6-11-15(19)12(17)8-13(18)16(11)20/h2-8H,1H3/b7-6+. The number of benzene rings is 2. The van der Waals surface area contributed by atoms with Crippen molar-refractivity contribution in [2.45, 2.75) is 4.90 Å². The Kier molecular flexibility index (Phi) is 5.03. The molecule has 0 saturated carbocycles. The highest BCUT2D eigenvalue weighted by Gasteiger charge is 2.17. The van der Waals surface area contributed by atoms with Crippen LogP contribution in [0.1, 0.15) is 15.9 Å². The first-order valence-corrected chi connectivity index (χ1v) is 7.36. The maximum absolute atomic E-state index is 13.4. The van der Waals surface area contributed by atoms with Crippen molar-refractivity contribution in [2.24, 2.45) is 0 Å². The number of carbonyl (C=O) groups excluding carboxylic acids is 1. The first kappa shape index (κ1) is 16.3. The van der Waals surface area contributed by atoms with Crippen molar-refractivity contribution in [3.63, 3.8) is 0 Å². The molecule has 0 N–H and O–H groups in total. The molecule has 2 rings (SSSR count). The maximum Gasteiger partial charge on any atom is 0.185 e. The fourth-order valence-electron chi connectivity index (χ4n) is 1.75. The molecular weight excluding hydrogens is 316 g/mol. The second kappa shape index (κ2) is 6.79. The van der Waals surface area contributed by atoms with Crippen molar-refractivity contribution >= 4 is 23.6 Å². The van der Waals surface area contributed by atoms with Crippen LogP contribution in [-0.4, -0.2) is 12.0 Å². The molecule has 1 nitrogen and oxygen atoms in total. The summed E-state index contributed by atoms with van der Waals surface area (Å²) in [7, 11) is 0. The van der Waals surface area contributed by atoms with Gasteiger partial charge in [-0.05, 0) is 42.7 Å². The van der Waals surface area contributed by atoms with Gasteiger partial charge in [-0.15, -0.1) is 11.8 Å². The van der Waals surface area contributed by atoms with Crippen LogP contribution in [0.5, 0.6) is 0 Å². The summed E-state index contributed by atoms with van der Waals surface area (Å²) < 4.78 is 53.0. The Morgan fingerprint density at radius 3 is 2.05 bits per heavy atom. The molecule has 0 bridgehead atoms. The van der Waals surface area contributed by atoms with Gasteiger partial charge in [-0.2, -0.15) is 0 Å². The molecule has 0 aliphatic heterocycles. The molecule has 114 valence electrons. The molecule has 0 amide bonds. The highest BCUT2D eigenvalue weighted by molar-refractivity contribution is 7.98. The van der Waals surface area contributed by atoms with Gasteiger partial charge in [0.25, 0.3) is 0 Å². The average Bonchev–Trinajstić information content (AvgIpc) is 2.53. The SMILES string of the molecule is CSc1ccc(C(=O)/C=C/c2c(F)c(F)cc(F)c2F)cc1. The molecule has 0 aliphatic rings. The highest BCUT2D eigenvalue weighted by Crippen LogP contribution is 2.21. The zero-order valence-electron chi connectivity index (χ0n) is 11.4. The van der Waals surface area contributed by atoms with Crippen molar-refractivity contribution in [1.82, 2.24) is 0 Å². The van der Waals surface area contributed by atoms with E-state index in [1.165, 1.54) is 11.8 Å². The normalized spacial score (nSPS) is 11.1. The molecule has 0 fully saturated rings. The van der Waals surface area contributed by atoms with Gasteiger partial charge >= 0.3 is 0 Å². The van der Waals surface area contributed by atoms with Gasteiger partial charge in [-0.25, -0.2) is 17.6 Å². The number of carbonyl (C=O) groups is 1. The molecule has 0 spiro atoms. The van der Waals surface area contributed by atoms with Crippen LogP contribution in [0.25, 0.3) is 6.08 Å². The van der Waals surface area contributed by atoms with Crippen LogP contribution in [0.4, 0.5) is 17.6 Å². The van der Waals surface area contributed by atoms with E-state index in [1.54, 1.807) is 24.3 Å². The van der Waals surface area contributed by atoms with Crippen LogP contribution >= 0.6 is 11.8 Å². The zero-order chi connectivity index (χ0) is 16.3. The van der Waals surface area contributed by atoms with Crippen molar-refractivity contribution in [3.8, 4) is 0 Å². The first-order chi connectivity index (χ1) is 10.4. The smallest absolute Gasteiger partial charge is 0.185 e. The summed E-state index contributed by atoms with van der Waals surface area (Å²) in [5, 5.41) is 0. The summed E-state index contributed by atoms with van der Waals surface area (Å²) >= 11 is 1.49. The maximum atomic E-state index is 13.4. The molecule has 0 heterocycles. The van der Waals surface area contributed by atoms with Crippen molar-refractivity contribution in [2.75, 3.05) is 6.26 Å². The van der Waals surface area contributed by atoms with E-state index in [4.69, 9.17) is 0 Å². The number of ketones is 1. The van der Waals surface area contributed by atoms with Crippen LogP contribution in [-0.2, 0) is 0 Å². The lowest BCUT2D eigenvalue weighted by Crippen LogP contribution is -1.99. The third-order valence-electron chi connectivity index (χ3n) is 2.92. The second-order valence-corrected chi connectivity index (χ2v) is 5.19. The minimum absolute atomic E-state index is 0.116. The molecule has 2 aromatic rings. The first-order valence-electron chi connectivity index (χ1n) is 6.13. The van der Waals surface area contributed by atoms with Gasteiger partial charge in [0, 0.05) is 16.5 Å². The van der Waals surface area contributed by atoms with Crippen molar-refractivity contribution in [3.05, 3.63) is 70.8 Å². The predicted molar refractivity (Wildman–Crippen MR) is 77.9 cm³/mol. The van der Waals surface area contributed by atoms with Gasteiger partial charge in [-0.3, -0.25) is 4.79 Å². The van der Waals surface area contributed by atoms with E-state index in [9.17, 15) is 22.4 Å². The monoisotopic (exact) mass is 326 g/mol. The van der Waals surface area contributed by atoms with Gasteiger partial charge in [0.15, 0.2) is 29.1 Å². The number of allylic oxidation sites excluding steroid dienone is 1. The number of thioether (sulfide) groups is 1. The molecule has 2 aromatic carbocycles. The van der Waals surface area contributed by atoms with Crippen molar-refractivity contribution in [1.29, 1.82) is 0 Å². The number of rotatable bonds is 4. The van der Waals surface area contributed by atoms with Gasteiger partial charge in [0.2, 0.25) is 0 Å². The molecule has 22 heavy (non-hydrogen) atoms. The van der Waals surface area contributed by atoms with E-state index in [2.05, 4.69) is 0 Å². The van der Waals surface area contributed by atoms with E-state index in [-0.39, 0.29) is 6.07 Å². The van der Waals surface area contributed by atoms with Crippen LogP contribution in [0, 0.1) is 23.3 Å². The predicted octanol–water partition coefficient (Wildman–Crippen LogP) is 4.86. The average molecular weight is 326 g/mol. The molecular formula is C16H10F4OS. The fraction of sp³-hybridized carbons (Fsp3) is 0.0625. The Balaban J connectivity index is 2.30. The van der Waals surface area contributed by atoms with Crippen LogP contribution < -0.4 is 0 Å². The zero-order valence-corrected chi connectivity index (χ0v) is 12.2. The highest BCUT2D eigenvalue weighted by atomic mass is 32.2. The summed E-state index contributed by atoms with van der Waals surface area (Å²) in [5.74, 6) is -6.65. The summed E-state index contributed by atoms with van der Waals surface area (Å²) in [5.41, 5.74) is -0.627. The molecule has 6 heteroatoms. The quantitative estimate of drug-likeness (QED) is 0.262. The topological polar surface area (TPSA) is 17.1 Å². The van der Waals surface area contributed by atoms with E-state index >= 15 is 0 Å². The van der Waals surface area contributed by atoms with Crippen molar-refractivity contribution < 1.29 is 22.4 Å². The Morgan fingerprint density at radius 1 is 1.00 bits per heavy atom. The lowest BCUT2D eigenvalue weighted by atomic mass is 10.1. The number of hydrogen-bond acceptors (Lipinski definition) is 2. The molecule has 0 aliphatic carbocycles. The van der Waals surface area contributed by atoms with Gasteiger partial charge in [-0.1, -0.05) is 0 Å². The molecule has 0 radical (unpaired) electrons. The Morgan fingerprint density at radius 2 is 1.55 bits per heavy atom. The number of hydrogen-bond donors (Lipinski definition) is 0.